The molecular formula is C55H68N6O7. The number of aryl methyl sites for hydroxylation is 1. The molecule has 0 aromatic heterocycles. The van der Waals surface area contributed by atoms with Gasteiger partial charge in [0.2, 0.25) is 11.8 Å². The largest absolute Gasteiger partial charge is 0.492 e. The van der Waals surface area contributed by atoms with Gasteiger partial charge in [0.15, 0.2) is 17.3 Å². The first kappa shape index (κ1) is 51.2. The normalized spacial score (nSPS) is 18.0. The van der Waals surface area contributed by atoms with Crippen molar-refractivity contribution in [1.82, 2.24) is 10.2 Å². The maximum atomic E-state index is 15.0. The smallest absolute Gasteiger partial charge is 0.226 e. The number of amides is 2. The van der Waals surface area contributed by atoms with Gasteiger partial charge in [-0.3, -0.25) is 24.0 Å². The van der Waals surface area contributed by atoms with E-state index in [4.69, 9.17) is 26.7 Å². The van der Waals surface area contributed by atoms with Crippen LogP contribution < -0.4 is 32.0 Å². The fourth-order valence-electron chi connectivity index (χ4n) is 8.99. The number of hydrogen-bond donors (Lipinski definition) is 4. The molecule has 2 amide bonds. The Morgan fingerprint density at radius 3 is 2.06 bits per heavy atom. The minimum Gasteiger partial charge on any atom is -0.492 e. The number of rotatable bonds is 22. The van der Waals surface area contributed by atoms with Crippen molar-refractivity contribution in [2.24, 2.45) is 34.5 Å². The summed E-state index contributed by atoms with van der Waals surface area (Å²) in [5.41, 5.74) is 23.0. The zero-order chi connectivity index (χ0) is 48.8. The summed E-state index contributed by atoms with van der Waals surface area (Å²) in [7, 11) is 1.56. The summed E-state index contributed by atoms with van der Waals surface area (Å²) < 4.78 is 12.4. The van der Waals surface area contributed by atoms with E-state index in [2.05, 4.69) is 42.6 Å². The molecule has 7 N–H and O–H groups in total. The highest BCUT2D eigenvalue weighted by molar-refractivity contribution is 6.00. The Labute approximate surface area is 401 Å². The first-order chi connectivity index (χ1) is 32.8. The van der Waals surface area contributed by atoms with E-state index in [1.54, 1.807) is 50.4 Å². The quantitative estimate of drug-likeness (QED) is 0.0448. The van der Waals surface area contributed by atoms with Gasteiger partial charge < -0.3 is 36.9 Å². The van der Waals surface area contributed by atoms with Crippen molar-refractivity contribution in [3.8, 4) is 39.8 Å². The SMILES string of the molecule is CCCCc1ccc(-c2ccc(C(=O)C[C@@H](CCCCN)C(=O)N(C)[C@@H]3C(=O)C[C@@H](C)C(=O)N[C@H](C(=O)CC4(C#N)CC4)Cc4ccc(OCCN)c(c4)-c4cc3ccc4OCCN)cc2)cc1. The standard InChI is InChI=1S/C55H68N6O7/c1-4-5-8-37-10-13-39(14-11-37)40-15-17-41(18-16-40)47(62)33-43(9-6-7-24-56)54(66)61(3)52-42-19-21-51(68-28-26-58)45(32-42)44-30-38(12-20-50(44)67-27-25-57)31-46(49(64)34-55(35-59)22-23-55)60-53(65)36(2)29-48(52)63/h10-21,30,32,36,43,46,52H,4-9,22-29,31,33-34,56-58H2,1-3H3,(H,60,65)/t36-,43-,46+,52+/m1/s1. The average molecular weight is 925 g/mol. The number of benzene rings is 4. The van der Waals surface area contributed by atoms with Crippen LogP contribution in [0.2, 0.25) is 0 Å². The number of hydrogen-bond acceptors (Lipinski definition) is 11. The van der Waals surface area contributed by atoms with Crippen molar-refractivity contribution in [1.29, 1.82) is 5.26 Å². The van der Waals surface area contributed by atoms with Crippen molar-refractivity contribution in [2.45, 2.75) is 103 Å². The Morgan fingerprint density at radius 2 is 1.46 bits per heavy atom. The van der Waals surface area contributed by atoms with Crippen LogP contribution >= 0.6 is 0 Å². The predicted octanol–water partition coefficient (Wildman–Crippen LogP) is 7.46. The molecule has 4 aromatic carbocycles. The first-order valence-corrected chi connectivity index (χ1v) is 24.2. The number of nitrogens with zero attached hydrogens (tertiary/aromatic N) is 2. The third-order valence-corrected chi connectivity index (χ3v) is 13.2. The number of Topliss-reactive ketones (excluding diaryl/α,β-unsaturated/α-hetero) is 3. The van der Waals surface area contributed by atoms with Crippen molar-refractivity contribution < 1.29 is 33.4 Å². The summed E-state index contributed by atoms with van der Waals surface area (Å²) in [6, 6.07) is 26.7. The molecule has 13 heteroatoms. The van der Waals surface area contributed by atoms with E-state index < -0.39 is 46.9 Å². The van der Waals surface area contributed by atoms with E-state index in [1.807, 2.05) is 24.3 Å². The van der Waals surface area contributed by atoms with Crippen LogP contribution in [0, 0.1) is 28.6 Å². The molecule has 2 aliphatic rings. The highest BCUT2D eigenvalue weighted by Gasteiger charge is 2.46. The van der Waals surface area contributed by atoms with Gasteiger partial charge in [0.1, 0.15) is 30.8 Å². The van der Waals surface area contributed by atoms with Gasteiger partial charge in [0, 0.05) is 67.9 Å². The molecule has 6 rings (SSSR count). The summed E-state index contributed by atoms with van der Waals surface area (Å²) in [4.78, 5) is 73.3. The molecule has 1 aliphatic heterocycles. The minimum absolute atomic E-state index is 0.00565. The number of carbonyl (C=O) groups excluding carboxylic acids is 5. The number of ether oxygens (including phenoxy) is 2. The van der Waals surface area contributed by atoms with Crippen LogP contribution in [0.4, 0.5) is 0 Å². The highest BCUT2D eigenvalue weighted by Crippen LogP contribution is 2.48. The van der Waals surface area contributed by atoms with Gasteiger partial charge in [-0.2, -0.15) is 5.26 Å². The van der Waals surface area contributed by atoms with Gasteiger partial charge in [0.05, 0.1) is 17.5 Å². The number of nitrogens with one attached hydrogen (secondary N) is 1. The zero-order valence-electron chi connectivity index (χ0n) is 39.9. The Balaban J connectivity index is 1.37. The van der Waals surface area contributed by atoms with Gasteiger partial charge in [-0.25, -0.2) is 0 Å². The van der Waals surface area contributed by atoms with Crippen LogP contribution in [-0.2, 0) is 32.0 Å². The molecule has 13 nitrogen and oxygen atoms in total. The van der Waals surface area contributed by atoms with Crippen molar-refractivity contribution in [2.75, 3.05) is 39.9 Å². The van der Waals surface area contributed by atoms with Gasteiger partial charge in [-0.15, -0.1) is 0 Å². The third kappa shape index (κ3) is 13.1. The number of nitrogens with two attached hydrogens (primary N) is 3. The molecule has 1 heterocycles. The lowest BCUT2D eigenvalue weighted by molar-refractivity contribution is -0.142. The maximum Gasteiger partial charge on any atom is 0.226 e. The van der Waals surface area contributed by atoms with Gasteiger partial charge >= 0.3 is 0 Å². The summed E-state index contributed by atoms with van der Waals surface area (Å²) in [5.74, 6) is -2.57. The maximum absolute atomic E-state index is 15.0. The second-order valence-corrected chi connectivity index (χ2v) is 18.6. The molecule has 0 spiro atoms. The Hall–Kier alpha value is -6.20. The van der Waals surface area contributed by atoms with E-state index in [1.165, 1.54) is 10.5 Å². The Kier molecular flexibility index (Phi) is 18.2. The number of ketones is 3. The molecule has 1 aliphatic carbocycles. The fourth-order valence-corrected chi connectivity index (χ4v) is 8.99. The monoisotopic (exact) mass is 925 g/mol. The van der Waals surface area contributed by atoms with Crippen molar-refractivity contribution in [3.63, 3.8) is 0 Å². The second kappa shape index (κ2) is 24.2. The highest BCUT2D eigenvalue weighted by atomic mass is 16.5. The third-order valence-electron chi connectivity index (χ3n) is 13.2. The Morgan fingerprint density at radius 1 is 0.824 bits per heavy atom. The van der Waals surface area contributed by atoms with Gasteiger partial charge in [-0.1, -0.05) is 87.4 Å². The second-order valence-electron chi connectivity index (χ2n) is 18.6. The van der Waals surface area contributed by atoms with E-state index in [9.17, 15) is 29.2 Å². The lowest BCUT2D eigenvalue weighted by Crippen LogP contribution is -2.46. The molecular weight excluding hydrogens is 857 g/mol. The van der Waals surface area contributed by atoms with E-state index in [0.29, 0.717) is 78.0 Å². The van der Waals surface area contributed by atoms with Crippen molar-refractivity contribution >= 4 is 29.2 Å². The summed E-state index contributed by atoms with van der Waals surface area (Å²) >= 11 is 0. The lowest BCUT2D eigenvalue weighted by Gasteiger charge is -2.32. The van der Waals surface area contributed by atoms with Gasteiger partial charge in [-0.05, 0) is 104 Å². The summed E-state index contributed by atoms with van der Waals surface area (Å²) in [6.45, 7) is 5.04. The topological polar surface area (TPSA) is 221 Å². The summed E-state index contributed by atoms with van der Waals surface area (Å²) in [5, 5.41) is 12.8. The van der Waals surface area contributed by atoms with E-state index in [-0.39, 0.29) is 63.6 Å². The Bertz CT molecular complexity index is 2440. The summed E-state index contributed by atoms with van der Waals surface area (Å²) in [6.07, 6.45) is 5.87. The molecule has 1 fully saturated rings. The molecule has 0 radical (unpaired) electrons. The molecule has 4 atom stereocenters. The molecule has 4 bridgehead atoms. The fraction of sp³-hybridized carbons (Fsp3) is 0.455. The number of fused-ring (bicyclic) bond motifs is 5. The number of unbranched alkanes of at least 4 members (excludes halogenated alkanes) is 2. The van der Waals surface area contributed by atoms with Crippen molar-refractivity contribution in [3.05, 3.63) is 107 Å². The van der Waals surface area contributed by atoms with Crippen LogP contribution in [0.1, 0.15) is 111 Å². The van der Waals surface area contributed by atoms with Gasteiger partial charge in [0.25, 0.3) is 0 Å². The van der Waals surface area contributed by atoms with Crippen LogP contribution in [0.5, 0.6) is 11.5 Å². The molecule has 4 aromatic rings. The molecule has 0 unspecified atom stereocenters. The zero-order valence-corrected chi connectivity index (χ0v) is 39.9. The number of carbonyl (C=O) groups is 5. The lowest BCUT2D eigenvalue weighted by atomic mass is 9.87. The van der Waals surface area contributed by atoms with Crippen LogP contribution in [0.15, 0.2) is 84.9 Å². The van der Waals surface area contributed by atoms with Crippen LogP contribution in [0.25, 0.3) is 22.3 Å². The van der Waals surface area contributed by atoms with Crippen LogP contribution in [-0.4, -0.2) is 80.0 Å². The first-order valence-electron chi connectivity index (χ1n) is 24.2. The van der Waals surface area contributed by atoms with Crippen LogP contribution in [0.3, 0.4) is 0 Å². The van der Waals surface area contributed by atoms with E-state index >= 15 is 0 Å². The predicted molar refractivity (Wildman–Crippen MR) is 264 cm³/mol. The minimum atomic E-state index is -1.19. The molecule has 68 heavy (non-hydrogen) atoms. The number of likely N-dealkylation sites (N-methyl/N-ethyl adjacent to an activating group) is 1. The average Bonchev–Trinajstić information content (AvgIpc) is 4.13. The number of nitriles is 1. The molecule has 0 saturated heterocycles. The molecule has 360 valence electrons. The molecule has 1 saturated carbocycles. The van der Waals surface area contributed by atoms with E-state index in [0.717, 1.165) is 30.4 Å².